The molecule has 0 amide bonds. The molecular formula is C13H11ClN6S. The van der Waals surface area contributed by atoms with Gasteiger partial charge in [-0.15, -0.1) is 16.9 Å². The molecule has 6 nitrogen and oxygen atoms in total. The molecular weight excluding hydrogens is 308 g/mol. The number of halogens is 1. The highest BCUT2D eigenvalue weighted by Gasteiger charge is 2.15. The lowest BCUT2D eigenvalue weighted by atomic mass is 10.2. The summed E-state index contributed by atoms with van der Waals surface area (Å²) in [5, 5.41) is 18.2. The van der Waals surface area contributed by atoms with Crippen molar-refractivity contribution in [1.29, 1.82) is 5.26 Å². The number of nitrogen functional groups attached to an aromatic ring is 2. The van der Waals surface area contributed by atoms with Gasteiger partial charge in [0.05, 0.1) is 11.4 Å². The van der Waals surface area contributed by atoms with Crippen LogP contribution in [0.5, 0.6) is 0 Å². The van der Waals surface area contributed by atoms with Crippen LogP contribution < -0.4 is 11.5 Å². The Morgan fingerprint density at radius 1 is 1.24 bits per heavy atom. The molecule has 4 N–H and O–H groups in total. The highest BCUT2D eigenvalue weighted by atomic mass is 35.5. The Morgan fingerprint density at radius 3 is 2.48 bits per heavy atom. The second kappa shape index (κ2) is 6.43. The Kier molecular flexibility index (Phi) is 4.62. The van der Waals surface area contributed by atoms with Crippen molar-refractivity contribution in [3.8, 4) is 6.07 Å². The first-order valence-corrected chi connectivity index (χ1v) is 7.37. The third kappa shape index (κ3) is 3.24. The Hall–Kier alpha value is -2.30. The molecule has 106 valence electrons. The number of nitrogens with zero attached hydrogens (tertiary/aromatic N) is 4. The third-order valence-electron chi connectivity index (χ3n) is 2.60. The minimum Gasteiger partial charge on any atom is -0.396 e. The van der Waals surface area contributed by atoms with Gasteiger partial charge in [0, 0.05) is 5.02 Å². The summed E-state index contributed by atoms with van der Waals surface area (Å²) < 4.78 is 0. The van der Waals surface area contributed by atoms with Crippen LogP contribution in [0.1, 0.15) is 5.56 Å². The van der Waals surface area contributed by atoms with Gasteiger partial charge in [0.15, 0.2) is 11.5 Å². The van der Waals surface area contributed by atoms with Gasteiger partial charge in [-0.1, -0.05) is 11.6 Å². The van der Waals surface area contributed by atoms with Gasteiger partial charge in [-0.05, 0) is 30.5 Å². The van der Waals surface area contributed by atoms with Crippen LogP contribution in [0.4, 0.5) is 22.9 Å². The molecule has 2 rings (SSSR count). The second-order valence-corrected chi connectivity index (χ2v) is 5.16. The van der Waals surface area contributed by atoms with Crippen molar-refractivity contribution in [3.63, 3.8) is 0 Å². The number of aromatic nitrogens is 1. The van der Waals surface area contributed by atoms with Crippen molar-refractivity contribution in [2.45, 2.75) is 5.03 Å². The van der Waals surface area contributed by atoms with Crippen molar-refractivity contribution in [3.05, 3.63) is 34.9 Å². The number of hydrogen-bond donors (Lipinski definition) is 2. The van der Waals surface area contributed by atoms with Crippen molar-refractivity contribution in [2.24, 2.45) is 10.2 Å². The molecule has 8 heteroatoms. The molecule has 1 aromatic heterocycles. The number of nitriles is 1. The van der Waals surface area contributed by atoms with Gasteiger partial charge in [-0.3, -0.25) is 0 Å². The fourth-order valence-corrected chi connectivity index (χ4v) is 2.24. The summed E-state index contributed by atoms with van der Waals surface area (Å²) in [6.45, 7) is 0. The third-order valence-corrected chi connectivity index (χ3v) is 3.53. The molecule has 0 bridgehead atoms. The molecule has 0 aliphatic heterocycles. The van der Waals surface area contributed by atoms with Crippen LogP contribution >= 0.6 is 23.4 Å². The smallest absolute Gasteiger partial charge is 0.154 e. The van der Waals surface area contributed by atoms with Crippen molar-refractivity contribution >= 4 is 46.2 Å². The molecule has 1 aromatic carbocycles. The van der Waals surface area contributed by atoms with E-state index in [1.54, 1.807) is 30.5 Å². The fraction of sp³-hybridized carbons (Fsp3) is 0.0769. The minimum absolute atomic E-state index is 0.133. The number of thioether (sulfide) groups is 1. The van der Waals surface area contributed by atoms with Gasteiger partial charge < -0.3 is 11.5 Å². The number of rotatable bonds is 3. The molecule has 0 saturated carbocycles. The van der Waals surface area contributed by atoms with Crippen LogP contribution in [0.2, 0.25) is 5.02 Å². The summed E-state index contributed by atoms with van der Waals surface area (Å²) in [7, 11) is 0. The summed E-state index contributed by atoms with van der Waals surface area (Å²) in [4.78, 5) is 4.11. The van der Waals surface area contributed by atoms with E-state index in [-0.39, 0.29) is 22.8 Å². The van der Waals surface area contributed by atoms with Crippen molar-refractivity contribution in [1.82, 2.24) is 4.98 Å². The maximum Gasteiger partial charge on any atom is 0.154 e. The van der Waals surface area contributed by atoms with Crippen LogP contribution in [0.3, 0.4) is 0 Å². The molecule has 0 saturated heterocycles. The molecule has 0 radical (unpaired) electrons. The average molecular weight is 319 g/mol. The van der Waals surface area contributed by atoms with Gasteiger partial charge in [0.2, 0.25) is 0 Å². The fourth-order valence-electron chi connectivity index (χ4n) is 1.57. The maximum atomic E-state index is 9.15. The zero-order valence-corrected chi connectivity index (χ0v) is 12.6. The number of hydrogen-bond acceptors (Lipinski definition) is 7. The Morgan fingerprint density at radius 2 is 1.90 bits per heavy atom. The first-order chi connectivity index (χ1) is 10.1. The van der Waals surface area contributed by atoms with Crippen LogP contribution in [0, 0.1) is 11.3 Å². The molecule has 0 aliphatic rings. The zero-order chi connectivity index (χ0) is 15.4. The summed E-state index contributed by atoms with van der Waals surface area (Å²) in [6.07, 6.45) is 1.79. The predicted octanol–water partition coefficient (Wildman–Crippen LogP) is 3.91. The van der Waals surface area contributed by atoms with Gasteiger partial charge in [-0.25, -0.2) is 4.98 Å². The van der Waals surface area contributed by atoms with E-state index in [2.05, 4.69) is 15.2 Å². The lowest BCUT2D eigenvalue weighted by Gasteiger charge is -2.08. The van der Waals surface area contributed by atoms with Gasteiger partial charge >= 0.3 is 0 Å². The molecule has 0 spiro atoms. The molecule has 0 unspecified atom stereocenters. The van der Waals surface area contributed by atoms with Crippen LogP contribution in [0.15, 0.2) is 39.5 Å². The Labute approximate surface area is 130 Å². The molecule has 0 fully saturated rings. The highest BCUT2D eigenvalue weighted by molar-refractivity contribution is 7.98. The largest absolute Gasteiger partial charge is 0.396 e. The summed E-state index contributed by atoms with van der Waals surface area (Å²) in [5.74, 6) is 0.133. The number of azo groups is 1. The van der Waals surface area contributed by atoms with Gasteiger partial charge in [0.1, 0.15) is 16.7 Å². The summed E-state index contributed by atoms with van der Waals surface area (Å²) >= 11 is 7.08. The second-order valence-electron chi connectivity index (χ2n) is 3.93. The van der Waals surface area contributed by atoms with Gasteiger partial charge in [0.25, 0.3) is 0 Å². The summed E-state index contributed by atoms with van der Waals surface area (Å²) in [5.41, 5.74) is 13.0. The zero-order valence-electron chi connectivity index (χ0n) is 11.0. The standard InChI is InChI=1S/C13H11ClN6S/c1-21-13-9(6-15)10(16)11(12(17)18-13)20-19-8-4-2-7(14)3-5-8/h2-5H,1H3,(H4,16,17,18). The molecule has 21 heavy (non-hydrogen) atoms. The number of anilines is 2. The van der Waals surface area contributed by atoms with E-state index in [0.29, 0.717) is 15.7 Å². The predicted molar refractivity (Wildman–Crippen MR) is 85.2 cm³/mol. The number of nitrogens with two attached hydrogens (primary N) is 2. The van der Waals surface area contributed by atoms with E-state index in [0.717, 1.165) is 0 Å². The highest BCUT2D eigenvalue weighted by Crippen LogP contribution is 2.36. The lowest BCUT2D eigenvalue weighted by molar-refractivity contribution is 1.11. The van der Waals surface area contributed by atoms with E-state index in [1.165, 1.54) is 11.8 Å². The topological polar surface area (TPSA) is 113 Å². The maximum absolute atomic E-state index is 9.15. The monoisotopic (exact) mass is 318 g/mol. The lowest BCUT2D eigenvalue weighted by Crippen LogP contribution is -2.01. The van der Waals surface area contributed by atoms with E-state index in [9.17, 15) is 0 Å². The van der Waals surface area contributed by atoms with E-state index in [4.69, 9.17) is 28.3 Å². The van der Waals surface area contributed by atoms with E-state index in [1.807, 2.05) is 6.07 Å². The minimum atomic E-state index is 0.133. The molecule has 1 heterocycles. The first kappa shape index (κ1) is 15.1. The van der Waals surface area contributed by atoms with Crippen LogP contribution in [-0.4, -0.2) is 11.2 Å². The quantitative estimate of drug-likeness (QED) is 0.657. The number of pyridine rings is 1. The van der Waals surface area contributed by atoms with Crippen LogP contribution in [0.25, 0.3) is 0 Å². The average Bonchev–Trinajstić information content (AvgIpc) is 2.48. The molecule has 0 aliphatic carbocycles. The SMILES string of the molecule is CSc1nc(N)c(N=Nc2ccc(Cl)cc2)c(N)c1C#N. The van der Waals surface area contributed by atoms with Crippen molar-refractivity contribution < 1.29 is 0 Å². The Balaban J connectivity index is 2.45. The number of benzene rings is 1. The molecule has 2 aromatic rings. The van der Waals surface area contributed by atoms with Gasteiger partial charge in [-0.2, -0.15) is 10.4 Å². The van der Waals surface area contributed by atoms with E-state index < -0.39 is 0 Å². The summed E-state index contributed by atoms with van der Waals surface area (Å²) in [6, 6.07) is 8.79. The van der Waals surface area contributed by atoms with Crippen LogP contribution in [-0.2, 0) is 0 Å². The first-order valence-electron chi connectivity index (χ1n) is 5.77. The van der Waals surface area contributed by atoms with Crippen molar-refractivity contribution in [2.75, 3.05) is 17.7 Å². The molecule has 0 atom stereocenters. The van der Waals surface area contributed by atoms with E-state index >= 15 is 0 Å². The Bertz CT molecular complexity index is 736. The normalized spacial score (nSPS) is 10.7.